The van der Waals surface area contributed by atoms with Crippen LogP contribution < -0.4 is 4.74 Å². The molecule has 0 bridgehead atoms. The van der Waals surface area contributed by atoms with E-state index in [1.165, 1.54) is 0 Å². The van der Waals surface area contributed by atoms with Gasteiger partial charge >= 0.3 is 5.97 Å². The number of ether oxygens (including phenoxy) is 1. The molecule has 9 nitrogen and oxygen atoms in total. The molecule has 3 aliphatic rings. The van der Waals surface area contributed by atoms with Gasteiger partial charge in [-0.05, 0) is 49.3 Å². The first kappa shape index (κ1) is 28.4. The number of amides is 2. The van der Waals surface area contributed by atoms with E-state index >= 15 is 0 Å². The van der Waals surface area contributed by atoms with E-state index < -0.39 is 11.9 Å². The van der Waals surface area contributed by atoms with Gasteiger partial charge in [-0.1, -0.05) is 25.5 Å². The van der Waals surface area contributed by atoms with Crippen molar-refractivity contribution in [1.29, 1.82) is 0 Å². The number of hydrogen-bond donors (Lipinski definition) is 2. The number of carbonyl (C=O) groups excluding carboxylic acids is 2. The minimum atomic E-state index is -0.861. The van der Waals surface area contributed by atoms with Crippen LogP contribution in [-0.2, 0) is 20.8 Å². The maximum Gasteiger partial charge on any atom is 0.308 e. The van der Waals surface area contributed by atoms with Gasteiger partial charge in [0.05, 0.1) is 19.1 Å². The third-order valence-electron chi connectivity index (χ3n) is 8.35. The van der Waals surface area contributed by atoms with E-state index in [1.807, 2.05) is 21.9 Å². The zero-order valence-electron chi connectivity index (χ0n) is 22.6. The lowest BCUT2D eigenvalue weighted by Gasteiger charge is -2.32. The van der Waals surface area contributed by atoms with E-state index in [4.69, 9.17) is 4.74 Å². The Hall–Kier alpha value is -2.65. The quantitative estimate of drug-likeness (QED) is 0.404. The highest BCUT2D eigenvalue weighted by molar-refractivity contribution is 5.79. The average molecular weight is 530 g/mol. The molecule has 0 radical (unpaired) electrons. The maximum absolute atomic E-state index is 13.5. The molecular formula is C29H43N3O6. The van der Waals surface area contributed by atoms with Gasteiger partial charge in [0.15, 0.2) is 0 Å². The van der Waals surface area contributed by atoms with Gasteiger partial charge in [0, 0.05) is 64.1 Å². The van der Waals surface area contributed by atoms with Crippen molar-refractivity contribution in [2.75, 3.05) is 52.5 Å². The minimum Gasteiger partial charge on any atom is -0.493 e. The minimum absolute atomic E-state index is 0.0251. The molecule has 3 atom stereocenters. The second kappa shape index (κ2) is 13.4. The average Bonchev–Trinajstić information content (AvgIpc) is 3.52. The second-order valence-electron chi connectivity index (χ2n) is 10.9. The number of benzene rings is 1. The monoisotopic (exact) mass is 529 g/mol. The summed E-state index contributed by atoms with van der Waals surface area (Å²) < 4.78 is 5.66. The molecule has 2 saturated heterocycles. The molecule has 9 heteroatoms. The summed E-state index contributed by atoms with van der Waals surface area (Å²) in [5.41, 5.74) is 2.07. The Balaban J connectivity index is 1.57. The number of rotatable bonds is 13. The fourth-order valence-electron chi connectivity index (χ4n) is 6.26. The highest BCUT2D eigenvalue weighted by Gasteiger charge is 2.47. The zero-order valence-corrected chi connectivity index (χ0v) is 22.6. The van der Waals surface area contributed by atoms with E-state index in [1.54, 1.807) is 4.90 Å². The molecule has 0 saturated carbocycles. The van der Waals surface area contributed by atoms with Crippen LogP contribution in [0.25, 0.3) is 0 Å². The summed E-state index contributed by atoms with van der Waals surface area (Å²) in [5, 5.41) is 19.8. The van der Waals surface area contributed by atoms with Crippen molar-refractivity contribution in [1.82, 2.24) is 14.7 Å². The van der Waals surface area contributed by atoms with Gasteiger partial charge in [0.25, 0.3) is 0 Å². The number of carboxylic acids is 1. The maximum atomic E-state index is 13.5. The molecule has 2 N–H and O–H groups in total. The number of carbonyl (C=O) groups is 3. The van der Waals surface area contributed by atoms with Crippen molar-refractivity contribution in [3.63, 3.8) is 0 Å². The Kier molecular flexibility index (Phi) is 10.0. The van der Waals surface area contributed by atoms with Crippen LogP contribution in [0.1, 0.15) is 68.9 Å². The summed E-state index contributed by atoms with van der Waals surface area (Å²) >= 11 is 0. The number of unbranched alkanes of at least 4 members (excludes halogenated alkanes) is 1. The number of nitrogens with zero attached hydrogens (tertiary/aromatic N) is 3. The SMILES string of the molecule is CCCCN(CCCO)C(=O)CN1C[C@H](c2ccc3c(c2)CCO3)C(C(=O)O)[C@@H]1CCN1CCCCC1=O. The Morgan fingerprint density at radius 3 is 2.71 bits per heavy atom. The normalized spacial score (nSPS) is 23.4. The van der Waals surface area contributed by atoms with Crippen molar-refractivity contribution in [3.8, 4) is 5.75 Å². The molecule has 0 aromatic heterocycles. The van der Waals surface area contributed by atoms with Crippen molar-refractivity contribution in [2.24, 2.45) is 5.92 Å². The summed E-state index contributed by atoms with van der Waals surface area (Å²) in [7, 11) is 0. The summed E-state index contributed by atoms with van der Waals surface area (Å²) in [6.07, 6.45) is 6.12. The molecule has 3 aliphatic heterocycles. The van der Waals surface area contributed by atoms with Gasteiger partial charge in [-0.2, -0.15) is 0 Å². The predicted octanol–water partition coefficient (Wildman–Crippen LogP) is 2.50. The van der Waals surface area contributed by atoms with Crippen LogP contribution in [0.15, 0.2) is 18.2 Å². The summed E-state index contributed by atoms with van der Waals surface area (Å²) in [6, 6.07) is 5.63. The smallest absolute Gasteiger partial charge is 0.308 e. The number of aliphatic carboxylic acids is 1. The Labute approximate surface area is 225 Å². The summed E-state index contributed by atoms with van der Waals surface area (Å²) in [4.78, 5) is 44.4. The van der Waals surface area contributed by atoms with Gasteiger partial charge in [-0.25, -0.2) is 0 Å². The Morgan fingerprint density at radius 2 is 1.97 bits per heavy atom. The Morgan fingerprint density at radius 1 is 1.16 bits per heavy atom. The highest BCUT2D eigenvalue weighted by atomic mass is 16.5. The molecule has 38 heavy (non-hydrogen) atoms. The van der Waals surface area contributed by atoms with Crippen molar-refractivity contribution >= 4 is 17.8 Å². The fourth-order valence-corrected chi connectivity index (χ4v) is 6.26. The molecule has 1 aromatic rings. The predicted molar refractivity (Wildman–Crippen MR) is 143 cm³/mol. The van der Waals surface area contributed by atoms with Crippen molar-refractivity contribution in [3.05, 3.63) is 29.3 Å². The lowest BCUT2D eigenvalue weighted by molar-refractivity contribution is -0.144. The molecule has 0 aliphatic carbocycles. The van der Waals surface area contributed by atoms with E-state index in [9.17, 15) is 24.6 Å². The zero-order chi connectivity index (χ0) is 27.1. The lowest BCUT2D eigenvalue weighted by atomic mass is 9.83. The molecular weight excluding hydrogens is 486 g/mol. The standard InChI is InChI=1S/C29H43N3O6/c1-2-3-12-30(14-6-16-33)27(35)20-32-19-23(21-8-9-25-22(18-21)11-17-38-25)28(29(36)37)24(32)10-15-31-13-5-4-7-26(31)34/h8-9,18,23-24,28,33H,2-7,10-17,19-20H2,1H3,(H,36,37)/t23-,24+,28?/m1/s1. The van der Waals surface area contributed by atoms with Gasteiger partial charge in [0.1, 0.15) is 5.75 Å². The third-order valence-corrected chi connectivity index (χ3v) is 8.35. The van der Waals surface area contributed by atoms with Crippen molar-refractivity contribution in [2.45, 2.75) is 70.3 Å². The van der Waals surface area contributed by atoms with Crippen LogP contribution in [0, 0.1) is 5.92 Å². The van der Waals surface area contributed by atoms with Gasteiger partial charge in [-0.3, -0.25) is 19.3 Å². The molecule has 1 aromatic carbocycles. The van der Waals surface area contributed by atoms with Crippen LogP contribution in [0.5, 0.6) is 5.75 Å². The van der Waals surface area contributed by atoms with E-state index in [0.717, 1.165) is 49.0 Å². The number of likely N-dealkylation sites (tertiary alicyclic amines) is 2. The van der Waals surface area contributed by atoms with Crippen LogP contribution in [0.2, 0.25) is 0 Å². The van der Waals surface area contributed by atoms with Gasteiger partial charge in [-0.15, -0.1) is 0 Å². The van der Waals surface area contributed by atoms with Crippen LogP contribution in [-0.4, -0.2) is 101 Å². The summed E-state index contributed by atoms with van der Waals surface area (Å²) in [5.74, 6) is -0.827. The van der Waals surface area contributed by atoms with E-state index in [2.05, 4.69) is 13.0 Å². The molecule has 1 unspecified atom stereocenters. The van der Waals surface area contributed by atoms with Crippen LogP contribution >= 0.6 is 0 Å². The first-order valence-corrected chi connectivity index (χ1v) is 14.3. The van der Waals surface area contributed by atoms with Crippen molar-refractivity contribution < 1.29 is 29.3 Å². The lowest BCUT2D eigenvalue weighted by Crippen LogP contribution is -2.46. The molecule has 2 amide bonds. The molecule has 210 valence electrons. The van der Waals surface area contributed by atoms with Gasteiger partial charge < -0.3 is 24.7 Å². The van der Waals surface area contributed by atoms with E-state index in [0.29, 0.717) is 58.6 Å². The number of hydrogen-bond acceptors (Lipinski definition) is 6. The number of carboxylic acid groups (broad SMARTS) is 1. The first-order chi connectivity index (χ1) is 18.4. The van der Waals surface area contributed by atoms with Crippen LogP contribution in [0.3, 0.4) is 0 Å². The number of fused-ring (bicyclic) bond motifs is 1. The van der Waals surface area contributed by atoms with Gasteiger partial charge in [0.2, 0.25) is 11.8 Å². The molecule has 3 heterocycles. The fraction of sp³-hybridized carbons (Fsp3) is 0.690. The Bertz CT molecular complexity index is 977. The third kappa shape index (κ3) is 6.67. The number of aliphatic hydroxyl groups excluding tert-OH is 1. The highest BCUT2D eigenvalue weighted by Crippen LogP contribution is 2.41. The summed E-state index contributed by atoms with van der Waals surface area (Å²) in [6.45, 7) is 5.70. The van der Waals surface area contributed by atoms with Crippen LogP contribution in [0.4, 0.5) is 0 Å². The first-order valence-electron chi connectivity index (χ1n) is 14.3. The topological polar surface area (TPSA) is 111 Å². The second-order valence-corrected chi connectivity index (χ2v) is 10.9. The number of piperidine rings is 1. The number of aliphatic hydroxyl groups is 1. The molecule has 0 spiro atoms. The molecule has 2 fully saturated rings. The molecule has 4 rings (SSSR count). The van der Waals surface area contributed by atoms with E-state index in [-0.39, 0.29) is 36.9 Å². The largest absolute Gasteiger partial charge is 0.493 e.